The Morgan fingerprint density at radius 1 is 1.26 bits per heavy atom. The molecule has 1 aliphatic carbocycles. The summed E-state index contributed by atoms with van der Waals surface area (Å²) in [6, 6.07) is 7.99. The molecule has 1 aromatic rings. The van der Waals surface area contributed by atoms with Gasteiger partial charge in [0.1, 0.15) is 0 Å². The Bertz CT molecular complexity index is 469. The first-order valence-corrected chi connectivity index (χ1v) is 6.49. The van der Waals surface area contributed by atoms with Crippen molar-refractivity contribution < 1.29 is 52.0 Å². The van der Waals surface area contributed by atoms with Crippen LogP contribution >= 0.6 is 0 Å². The van der Waals surface area contributed by atoms with Crippen LogP contribution in [0.25, 0.3) is 5.57 Å². The van der Waals surface area contributed by atoms with E-state index in [0.29, 0.717) is 0 Å². The monoisotopic (exact) mass is 416 g/mol. The SMILES string of the molecule is C/C(=C/O)c1ccccc1N=C1CC[C-](C)CC1.[Yb]. The van der Waals surface area contributed by atoms with Crippen LogP contribution in [0.1, 0.15) is 45.1 Å². The third-order valence-electron chi connectivity index (χ3n) is 3.48. The van der Waals surface area contributed by atoms with E-state index < -0.39 is 0 Å². The molecule has 0 atom stereocenters. The number of benzene rings is 1. The minimum absolute atomic E-state index is 0. The van der Waals surface area contributed by atoms with Gasteiger partial charge in [0.2, 0.25) is 0 Å². The summed E-state index contributed by atoms with van der Waals surface area (Å²) in [6.45, 7) is 4.13. The Hall–Kier alpha value is -0.0505. The Morgan fingerprint density at radius 3 is 2.53 bits per heavy atom. The zero-order valence-electron chi connectivity index (χ0n) is 11.4. The average molecular weight is 415 g/mol. The molecule has 0 bridgehead atoms. The van der Waals surface area contributed by atoms with E-state index in [1.807, 2.05) is 31.2 Å². The van der Waals surface area contributed by atoms with Gasteiger partial charge in [-0.25, -0.2) is 0 Å². The van der Waals surface area contributed by atoms with Gasteiger partial charge in [-0.2, -0.15) is 19.8 Å². The summed E-state index contributed by atoms with van der Waals surface area (Å²) in [5, 5.41) is 9.14. The van der Waals surface area contributed by atoms with Crippen LogP contribution < -0.4 is 0 Å². The van der Waals surface area contributed by atoms with Crippen molar-refractivity contribution in [3.05, 3.63) is 42.0 Å². The molecule has 1 aromatic carbocycles. The van der Waals surface area contributed by atoms with Gasteiger partial charge >= 0.3 is 0 Å². The molecule has 0 heterocycles. The molecule has 110 valence electrons. The van der Waals surface area contributed by atoms with Crippen molar-refractivity contribution in [3.63, 3.8) is 0 Å². The van der Waals surface area contributed by atoms with Crippen LogP contribution in [0.3, 0.4) is 0 Å². The normalized spacial score (nSPS) is 16.9. The van der Waals surface area contributed by atoms with Crippen LogP contribution in [-0.4, -0.2) is 10.8 Å². The quantitative estimate of drug-likeness (QED) is 0.544. The number of para-hydroxylation sites is 1. The molecule has 0 spiro atoms. The standard InChI is InChI=1S/C16H20NO.Yb/c1-12-7-9-14(10-8-12)17-16-6-4-3-5-15(16)13(2)11-18;/h3-6,11,18H,7-10H2,1-2H3;/q-1;/b13-11-;. The Morgan fingerprint density at radius 2 is 1.89 bits per heavy atom. The molecule has 19 heavy (non-hydrogen) atoms. The van der Waals surface area contributed by atoms with E-state index in [1.54, 1.807) is 5.92 Å². The van der Waals surface area contributed by atoms with E-state index in [1.165, 1.54) is 5.71 Å². The van der Waals surface area contributed by atoms with E-state index in [2.05, 4.69) is 6.92 Å². The third-order valence-corrected chi connectivity index (χ3v) is 3.48. The summed E-state index contributed by atoms with van der Waals surface area (Å²) < 4.78 is 0. The summed E-state index contributed by atoms with van der Waals surface area (Å²) in [7, 11) is 0. The molecule has 2 rings (SSSR count). The molecule has 2 nitrogen and oxygen atoms in total. The number of aliphatic hydroxyl groups is 1. The first-order valence-electron chi connectivity index (χ1n) is 6.49. The van der Waals surface area contributed by atoms with Gasteiger partial charge in [0, 0.05) is 58.2 Å². The Kier molecular flexibility index (Phi) is 7.41. The molecule has 0 amide bonds. The topological polar surface area (TPSA) is 32.6 Å². The van der Waals surface area contributed by atoms with E-state index in [-0.39, 0.29) is 46.9 Å². The predicted octanol–water partition coefficient (Wildman–Crippen LogP) is 4.85. The van der Waals surface area contributed by atoms with E-state index in [0.717, 1.165) is 48.8 Å². The van der Waals surface area contributed by atoms with Gasteiger partial charge in [-0.1, -0.05) is 18.2 Å². The van der Waals surface area contributed by atoms with Crippen LogP contribution in [0.2, 0.25) is 0 Å². The van der Waals surface area contributed by atoms with Crippen LogP contribution in [0.4, 0.5) is 5.69 Å². The van der Waals surface area contributed by atoms with Crippen molar-refractivity contribution in [2.75, 3.05) is 0 Å². The molecule has 0 radical (unpaired) electrons. The number of rotatable bonds is 2. The zero-order valence-corrected chi connectivity index (χ0v) is 13.1. The number of aliphatic hydroxyl groups excluding tert-OH is 1. The van der Waals surface area contributed by atoms with Gasteiger partial charge in [-0.05, 0) is 31.4 Å². The molecular formula is C16H20NOYb-. The van der Waals surface area contributed by atoms with Crippen LogP contribution in [0, 0.1) is 52.8 Å². The molecule has 1 N–H and O–H groups in total. The van der Waals surface area contributed by atoms with Crippen molar-refractivity contribution in [1.82, 2.24) is 0 Å². The number of allylic oxidation sites excluding steroid dienone is 1. The molecule has 1 saturated carbocycles. The summed E-state index contributed by atoms with van der Waals surface area (Å²) in [5.41, 5.74) is 4.11. The molecule has 3 heteroatoms. The largest absolute Gasteiger partial charge is 0.515 e. The van der Waals surface area contributed by atoms with E-state index >= 15 is 0 Å². The van der Waals surface area contributed by atoms with Gasteiger partial charge in [-0.15, -0.1) is 0 Å². The van der Waals surface area contributed by atoms with Crippen molar-refractivity contribution in [2.24, 2.45) is 4.99 Å². The van der Waals surface area contributed by atoms with Crippen LogP contribution in [0.5, 0.6) is 0 Å². The maximum atomic E-state index is 9.14. The van der Waals surface area contributed by atoms with Crippen molar-refractivity contribution in [3.8, 4) is 0 Å². The summed E-state index contributed by atoms with van der Waals surface area (Å²) in [4.78, 5) is 4.77. The smallest absolute Gasteiger partial charge is 0.0827 e. The Labute approximate surface area is 154 Å². The minimum atomic E-state index is 0. The van der Waals surface area contributed by atoms with Crippen LogP contribution in [0.15, 0.2) is 35.5 Å². The summed E-state index contributed by atoms with van der Waals surface area (Å²) in [6.07, 6.45) is 5.62. The number of hydrogen-bond donors (Lipinski definition) is 1. The molecule has 1 aliphatic rings. The number of aliphatic imine (C=N–C) groups is 1. The van der Waals surface area contributed by atoms with Gasteiger partial charge in [0.15, 0.2) is 0 Å². The predicted molar refractivity (Wildman–Crippen MR) is 77.2 cm³/mol. The van der Waals surface area contributed by atoms with Crippen LogP contribution in [-0.2, 0) is 0 Å². The average Bonchev–Trinajstić information content (AvgIpc) is 2.41. The maximum absolute atomic E-state index is 9.14. The molecule has 0 aliphatic heterocycles. The fraction of sp³-hybridized carbons (Fsp3) is 0.375. The van der Waals surface area contributed by atoms with Gasteiger partial charge in [0.25, 0.3) is 0 Å². The number of nitrogens with zero attached hydrogens (tertiary/aromatic N) is 1. The van der Waals surface area contributed by atoms with Crippen molar-refractivity contribution in [2.45, 2.75) is 39.5 Å². The second-order valence-corrected chi connectivity index (χ2v) is 4.96. The van der Waals surface area contributed by atoms with Gasteiger partial charge in [0.05, 0.1) is 11.9 Å². The first-order chi connectivity index (χ1) is 8.70. The van der Waals surface area contributed by atoms with E-state index in [4.69, 9.17) is 10.1 Å². The van der Waals surface area contributed by atoms with Crippen molar-refractivity contribution >= 4 is 17.0 Å². The summed E-state index contributed by atoms with van der Waals surface area (Å²) in [5.74, 6) is 1.58. The fourth-order valence-corrected chi connectivity index (χ4v) is 2.22. The molecular weight excluding hydrogens is 395 g/mol. The maximum Gasteiger partial charge on any atom is 0.0827 e. The van der Waals surface area contributed by atoms with Gasteiger partial charge < -0.3 is 11.0 Å². The molecule has 0 saturated heterocycles. The Balaban J connectivity index is 0.00000180. The number of hydrogen-bond acceptors (Lipinski definition) is 2. The first kappa shape index (κ1) is 17.0. The van der Waals surface area contributed by atoms with Crippen molar-refractivity contribution in [1.29, 1.82) is 0 Å². The molecule has 1 fully saturated rings. The molecule has 0 aromatic heterocycles. The second kappa shape index (κ2) is 8.28. The fourth-order valence-electron chi connectivity index (χ4n) is 2.22. The second-order valence-electron chi connectivity index (χ2n) is 4.96. The zero-order chi connectivity index (χ0) is 13.0. The van der Waals surface area contributed by atoms with Gasteiger partial charge in [-0.3, -0.25) is 4.99 Å². The summed E-state index contributed by atoms with van der Waals surface area (Å²) >= 11 is 0. The van der Waals surface area contributed by atoms with E-state index in [9.17, 15) is 0 Å². The third kappa shape index (κ3) is 4.77. The molecule has 0 unspecified atom stereocenters. The minimum Gasteiger partial charge on any atom is -0.515 e.